The zero-order valence-corrected chi connectivity index (χ0v) is 13.5. The van der Waals surface area contributed by atoms with E-state index < -0.39 is 6.04 Å². The van der Waals surface area contributed by atoms with Crippen LogP contribution in [-0.2, 0) is 9.59 Å². The van der Waals surface area contributed by atoms with Crippen LogP contribution in [-0.4, -0.2) is 49.6 Å². The van der Waals surface area contributed by atoms with E-state index in [2.05, 4.69) is 5.32 Å². The van der Waals surface area contributed by atoms with Crippen molar-refractivity contribution in [2.45, 2.75) is 31.7 Å². The van der Waals surface area contributed by atoms with E-state index in [1.165, 1.54) is 0 Å². The van der Waals surface area contributed by atoms with E-state index in [0.29, 0.717) is 26.1 Å². The second-order valence-corrected chi connectivity index (χ2v) is 6.02. The van der Waals surface area contributed by atoms with E-state index in [-0.39, 0.29) is 17.7 Å². The number of carbonyl (C=O) groups excluding carboxylic acids is 2. The summed E-state index contributed by atoms with van der Waals surface area (Å²) in [6.07, 6.45) is 1.15. The Kier molecular flexibility index (Phi) is 4.41. The summed E-state index contributed by atoms with van der Waals surface area (Å²) >= 11 is 0. The Morgan fingerprint density at radius 3 is 3.09 bits per heavy atom. The van der Waals surface area contributed by atoms with E-state index in [0.717, 1.165) is 23.5 Å². The number of amides is 2. The predicted molar refractivity (Wildman–Crippen MR) is 84.6 cm³/mol. The summed E-state index contributed by atoms with van der Waals surface area (Å²) in [6, 6.07) is 5.27. The van der Waals surface area contributed by atoms with Gasteiger partial charge in [0.2, 0.25) is 11.8 Å². The molecule has 1 fully saturated rings. The molecule has 23 heavy (non-hydrogen) atoms. The van der Waals surface area contributed by atoms with Gasteiger partial charge < -0.3 is 19.7 Å². The minimum Gasteiger partial charge on any atom is -0.497 e. The van der Waals surface area contributed by atoms with E-state index >= 15 is 0 Å². The molecule has 0 radical (unpaired) electrons. The molecule has 2 aliphatic rings. The molecule has 6 nitrogen and oxygen atoms in total. The molecule has 2 amide bonds. The van der Waals surface area contributed by atoms with Gasteiger partial charge in [0.25, 0.3) is 0 Å². The number of ether oxygens (including phenoxy) is 2. The van der Waals surface area contributed by atoms with Crippen molar-refractivity contribution in [2.75, 3.05) is 26.8 Å². The lowest BCUT2D eigenvalue weighted by Gasteiger charge is -2.26. The van der Waals surface area contributed by atoms with Crippen LogP contribution in [0.4, 0.5) is 0 Å². The normalized spacial score (nSPS) is 23.6. The first-order valence-electron chi connectivity index (χ1n) is 7.98. The molecule has 2 unspecified atom stereocenters. The van der Waals surface area contributed by atoms with Crippen molar-refractivity contribution in [3.05, 3.63) is 23.8 Å². The lowest BCUT2D eigenvalue weighted by atomic mass is 9.96. The third-order valence-corrected chi connectivity index (χ3v) is 4.56. The van der Waals surface area contributed by atoms with Crippen molar-refractivity contribution in [1.29, 1.82) is 0 Å². The zero-order valence-electron chi connectivity index (χ0n) is 13.5. The van der Waals surface area contributed by atoms with Crippen LogP contribution in [0.15, 0.2) is 18.2 Å². The molecule has 2 heterocycles. The van der Waals surface area contributed by atoms with Gasteiger partial charge in [0.15, 0.2) is 0 Å². The van der Waals surface area contributed by atoms with E-state index in [4.69, 9.17) is 9.47 Å². The molecule has 1 aromatic carbocycles. The fourth-order valence-corrected chi connectivity index (χ4v) is 3.17. The summed E-state index contributed by atoms with van der Waals surface area (Å²) in [6.45, 7) is 3.51. The number of nitrogens with one attached hydrogen (secondary N) is 1. The first-order chi connectivity index (χ1) is 11.1. The molecule has 1 saturated heterocycles. The third-order valence-electron chi connectivity index (χ3n) is 4.56. The summed E-state index contributed by atoms with van der Waals surface area (Å²) in [7, 11) is 1.61. The van der Waals surface area contributed by atoms with Crippen molar-refractivity contribution in [3.8, 4) is 11.5 Å². The van der Waals surface area contributed by atoms with Crippen LogP contribution < -0.4 is 14.8 Å². The summed E-state index contributed by atoms with van der Waals surface area (Å²) < 4.78 is 10.9. The van der Waals surface area contributed by atoms with E-state index in [1.807, 2.05) is 18.2 Å². The fraction of sp³-hybridized carbons (Fsp3) is 0.529. The van der Waals surface area contributed by atoms with E-state index in [9.17, 15) is 9.59 Å². The first kappa shape index (κ1) is 15.6. The van der Waals surface area contributed by atoms with Gasteiger partial charge in [0.1, 0.15) is 17.5 Å². The summed E-state index contributed by atoms with van der Waals surface area (Å²) in [4.78, 5) is 26.2. The van der Waals surface area contributed by atoms with Gasteiger partial charge in [-0.2, -0.15) is 0 Å². The standard InChI is InChI=1S/C17H22N2O4/c1-11-17(21)18-6-3-7-19(11)16(20)8-12-10-23-15-9-13(22-2)4-5-14(12)15/h4-5,9,11-12H,3,6-8,10H2,1-2H3,(H,18,21). The maximum absolute atomic E-state index is 12.7. The Morgan fingerprint density at radius 2 is 2.30 bits per heavy atom. The van der Waals surface area contributed by atoms with Crippen LogP contribution in [0, 0.1) is 0 Å². The summed E-state index contributed by atoms with van der Waals surface area (Å²) in [5.74, 6) is 1.48. The monoisotopic (exact) mass is 318 g/mol. The minimum absolute atomic E-state index is 0.00631. The number of hydrogen-bond acceptors (Lipinski definition) is 4. The van der Waals surface area contributed by atoms with Crippen LogP contribution in [0.3, 0.4) is 0 Å². The van der Waals surface area contributed by atoms with Crippen LogP contribution in [0.1, 0.15) is 31.2 Å². The van der Waals surface area contributed by atoms with E-state index in [1.54, 1.807) is 18.9 Å². The quantitative estimate of drug-likeness (QED) is 0.912. The average molecular weight is 318 g/mol. The van der Waals surface area contributed by atoms with Crippen LogP contribution >= 0.6 is 0 Å². The maximum atomic E-state index is 12.7. The van der Waals surface area contributed by atoms with Crippen LogP contribution in [0.25, 0.3) is 0 Å². The van der Waals surface area contributed by atoms with Crippen molar-refractivity contribution < 1.29 is 19.1 Å². The second-order valence-electron chi connectivity index (χ2n) is 6.02. The summed E-state index contributed by atoms with van der Waals surface area (Å²) in [5.41, 5.74) is 1.03. The van der Waals surface area contributed by atoms with Gasteiger partial charge in [0, 0.05) is 37.1 Å². The molecule has 3 rings (SSSR count). The molecule has 1 aromatic rings. The smallest absolute Gasteiger partial charge is 0.242 e. The van der Waals surface area contributed by atoms with Crippen molar-refractivity contribution >= 4 is 11.8 Å². The molecule has 2 aliphatic heterocycles. The molecule has 1 N–H and O–H groups in total. The van der Waals surface area contributed by atoms with Gasteiger partial charge >= 0.3 is 0 Å². The Hall–Kier alpha value is -2.24. The first-order valence-corrected chi connectivity index (χ1v) is 7.98. The maximum Gasteiger partial charge on any atom is 0.242 e. The van der Waals surface area contributed by atoms with Gasteiger partial charge in [-0.05, 0) is 19.4 Å². The Balaban J connectivity index is 1.71. The van der Waals surface area contributed by atoms with Crippen LogP contribution in [0.2, 0.25) is 0 Å². The molecular formula is C17H22N2O4. The van der Waals surface area contributed by atoms with Crippen molar-refractivity contribution in [2.24, 2.45) is 0 Å². The van der Waals surface area contributed by atoms with Gasteiger partial charge in [-0.1, -0.05) is 6.07 Å². The van der Waals surface area contributed by atoms with Gasteiger partial charge in [-0.3, -0.25) is 9.59 Å². The average Bonchev–Trinajstić information content (AvgIpc) is 2.87. The Bertz CT molecular complexity index is 617. The molecular weight excluding hydrogens is 296 g/mol. The fourth-order valence-electron chi connectivity index (χ4n) is 3.17. The van der Waals surface area contributed by atoms with Gasteiger partial charge in [0.05, 0.1) is 13.7 Å². The number of carbonyl (C=O) groups is 2. The number of benzene rings is 1. The van der Waals surface area contributed by atoms with Gasteiger partial charge in [-0.15, -0.1) is 0 Å². The topological polar surface area (TPSA) is 67.9 Å². The predicted octanol–water partition coefficient (Wildman–Crippen LogP) is 1.30. The molecule has 2 atom stereocenters. The molecule has 0 aromatic heterocycles. The number of fused-ring (bicyclic) bond motifs is 1. The van der Waals surface area contributed by atoms with Crippen molar-refractivity contribution in [1.82, 2.24) is 10.2 Å². The highest BCUT2D eigenvalue weighted by molar-refractivity contribution is 5.88. The molecule has 6 heteroatoms. The molecule has 124 valence electrons. The lowest BCUT2D eigenvalue weighted by Crippen LogP contribution is -2.45. The molecule has 0 aliphatic carbocycles. The third kappa shape index (κ3) is 3.11. The largest absolute Gasteiger partial charge is 0.497 e. The highest BCUT2D eigenvalue weighted by Crippen LogP contribution is 2.38. The lowest BCUT2D eigenvalue weighted by molar-refractivity contribution is -0.139. The van der Waals surface area contributed by atoms with Crippen molar-refractivity contribution in [3.63, 3.8) is 0 Å². The minimum atomic E-state index is -0.414. The summed E-state index contributed by atoms with van der Waals surface area (Å²) in [5, 5.41) is 2.83. The zero-order chi connectivity index (χ0) is 16.4. The second kappa shape index (κ2) is 6.48. The molecule has 0 saturated carbocycles. The number of hydrogen-bond donors (Lipinski definition) is 1. The number of methoxy groups -OCH3 is 1. The van der Waals surface area contributed by atoms with Crippen LogP contribution in [0.5, 0.6) is 11.5 Å². The highest BCUT2D eigenvalue weighted by Gasteiger charge is 2.32. The molecule has 0 bridgehead atoms. The number of nitrogens with zero attached hydrogens (tertiary/aromatic N) is 1. The molecule has 0 spiro atoms. The highest BCUT2D eigenvalue weighted by atomic mass is 16.5. The SMILES string of the molecule is COc1ccc2c(c1)OCC2CC(=O)N1CCCNC(=O)C1C. The Morgan fingerprint density at radius 1 is 1.48 bits per heavy atom. The number of rotatable bonds is 3. The van der Waals surface area contributed by atoms with Gasteiger partial charge in [-0.25, -0.2) is 0 Å². The Labute approximate surface area is 135 Å².